The average Bonchev–Trinajstić information content (AvgIpc) is 3.24. The van der Waals surface area contributed by atoms with Gasteiger partial charge in [0.15, 0.2) is 11.4 Å². The summed E-state index contributed by atoms with van der Waals surface area (Å²) in [5.41, 5.74) is -1.98. The second kappa shape index (κ2) is 8.27. The van der Waals surface area contributed by atoms with E-state index < -0.39 is 29.3 Å². The monoisotopic (exact) mass is 433 g/mol. The summed E-state index contributed by atoms with van der Waals surface area (Å²) in [6.07, 6.45) is -3.34. The number of likely N-dealkylation sites (tertiary alicyclic amines) is 1. The van der Waals surface area contributed by atoms with Crippen LogP contribution in [0.5, 0.6) is 0 Å². The van der Waals surface area contributed by atoms with Gasteiger partial charge in [-0.2, -0.15) is 13.2 Å². The third kappa shape index (κ3) is 4.23. The Morgan fingerprint density at radius 3 is 2.21 bits per heavy atom. The quantitative estimate of drug-likeness (QED) is 0.740. The molecule has 1 amide bonds. The predicted molar refractivity (Wildman–Crippen MR) is 98.6 cm³/mol. The van der Waals surface area contributed by atoms with E-state index in [1.54, 1.807) is 0 Å². The second-order valence-electron chi connectivity index (χ2n) is 7.22. The van der Waals surface area contributed by atoms with Gasteiger partial charge in [0.05, 0.1) is 5.69 Å². The van der Waals surface area contributed by atoms with Crippen molar-refractivity contribution in [3.63, 3.8) is 0 Å². The first-order chi connectivity index (χ1) is 13.3. The normalized spacial score (nSPS) is 22.0. The molecule has 1 aromatic heterocycles. The fraction of sp³-hybridized carbons (Fsp3) is 0.500. The van der Waals surface area contributed by atoms with Gasteiger partial charge in [0.25, 0.3) is 5.91 Å². The Kier molecular flexibility index (Phi) is 6.13. The Morgan fingerprint density at radius 1 is 1.07 bits per heavy atom. The molecule has 158 valence electrons. The van der Waals surface area contributed by atoms with Crippen LogP contribution in [0.1, 0.15) is 29.0 Å². The van der Waals surface area contributed by atoms with E-state index in [1.165, 1.54) is 4.90 Å². The largest absolute Gasteiger partial charge is 0.435 e. The molecule has 2 aliphatic heterocycles. The van der Waals surface area contributed by atoms with E-state index in [9.17, 15) is 22.4 Å². The van der Waals surface area contributed by atoms with Crippen LogP contribution in [0.15, 0.2) is 24.3 Å². The zero-order valence-corrected chi connectivity index (χ0v) is 16.1. The van der Waals surface area contributed by atoms with Crippen LogP contribution in [0, 0.1) is 17.7 Å². The van der Waals surface area contributed by atoms with Crippen LogP contribution in [0.4, 0.5) is 17.6 Å². The van der Waals surface area contributed by atoms with Crippen LogP contribution in [-0.4, -0.2) is 52.0 Å². The number of carbonyl (C=O) groups excluding carboxylic acids is 1. The number of amides is 1. The number of hydrogen-bond acceptors (Lipinski definition) is 4. The second-order valence-corrected chi connectivity index (χ2v) is 7.22. The molecule has 3 heterocycles. The lowest BCUT2D eigenvalue weighted by molar-refractivity contribution is -0.143. The van der Waals surface area contributed by atoms with Gasteiger partial charge >= 0.3 is 6.18 Å². The van der Waals surface area contributed by atoms with Gasteiger partial charge in [-0.05, 0) is 62.0 Å². The standard InChI is InChI=1S/C18H19F4N5O.ClH/c19-13-1-3-14(4-2-13)27-16(18(20,21)22)15(24-25-27)17(28)26-7-5-11-9-23-10-12(11)6-8-26;/h1-4,11-12,23H,5-10H2;1H/t11-,12+;. The first-order valence-corrected chi connectivity index (χ1v) is 9.13. The molecule has 2 aliphatic rings. The maximum Gasteiger partial charge on any atom is 0.435 e. The molecule has 1 N–H and O–H groups in total. The predicted octanol–water partition coefficient (Wildman–Crippen LogP) is 2.92. The van der Waals surface area contributed by atoms with Crippen LogP contribution in [0.2, 0.25) is 0 Å². The van der Waals surface area contributed by atoms with Crippen LogP contribution in [0.25, 0.3) is 5.69 Å². The van der Waals surface area contributed by atoms with E-state index in [0.29, 0.717) is 29.6 Å². The summed E-state index contributed by atoms with van der Waals surface area (Å²) in [7, 11) is 0. The number of hydrogen-bond donors (Lipinski definition) is 1. The lowest BCUT2D eigenvalue weighted by atomic mass is 9.92. The molecule has 2 saturated heterocycles. The van der Waals surface area contributed by atoms with E-state index in [0.717, 1.165) is 50.2 Å². The van der Waals surface area contributed by atoms with Crippen molar-refractivity contribution in [3.05, 3.63) is 41.5 Å². The summed E-state index contributed by atoms with van der Waals surface area (Å²) < 4.78 is 54.9. The first kappa shape index (κ1) is 21.5. The van der Waals surface area contributed by atoms with Crippen LogP contribution in [-0.2, 0) is 6.18 Å². The Morgan fingerprint density at radius 2 is 1.66 bits per heavy atom. The van der Waals surface area contributed by atoms with Crippen molar-refractivity contribution in [1.29, 1.82) is 0 Å². The maximum absolute atomic E-state index is 13.7. The number of fused-ring (bicyclic) bond motifs is 1. The summed E-state index contributed by atoms with van der Waals surface area (Å²) in [5.74, 6) is -0.475. The van der Waals surface area contributed by atoms with E-state index >= 15 is 0 Å². The average molecular weight is 434 g/mol. The number of carbonyl (C=O) groups is 1. The Hall–Kier alpha value is -2.20. The first-order valence-electron chi connectivity index (χ1n) is 9.13. The molecule has 0 spiro atoms. The number of halogens is 5. The maximum atomic E-state index is 13.7. The van der Waals surface area contributed by atoms with Crippen LogP contribution >= 0.6 is 12.4 Å². The van der Waals surface area contributed by atoms with Crippen molar-refractivity contribution >= 4 is 18.3 Å². The molecule has 0 radical (unpaired) electrons. The van der Waals surface area contributed by atoms with Gasteiger partial charge in [-0.1, -0.05) is 5.21 Å². The van der Waals surface area contributed by atoms with Gasteiger partial charge in [-0.3, -0.25) is 4.79 Å². The van der Waals surface area contributed by atoms with Crippen molar-refractivity contribution in [2.24, 2.45) is 11.8 Å². The zero-order chi connectivity index (χ0) is 19.9. The van der Waals surface area contributed by atoms with E-state index in [4.69, 9.17) is 0 Å². The molecule has 2 aromatic rings. The SMILES string of the molecule is Cl.O=C(c1nnn(-c2ccc(F)cc2)c1C(F)(F)F)N1CC[C@@H]2CNC[C@@H]2CC1. The summed E-state index contributed by atoms with van der Waals surface area (Å²) >= 11 is 0. The summed E-state index contributed by atoms with van der Waals surface area (Å²) in [6.45, 7) is 2.53. The molecule has 0 saturated carbocycles. The third-order valence-electron chi connectivity index (χ3n) is 5.52. The highest BCUT2D eigenvalue weighted by Crippen LogP contribution is 2.34. The Balaban J connectivity index is 0.00000240. The summed E-state index contributed by atoms with van der Waals surface area (Å²) in [5, 5.41) is 10.4. The van der Waals surface area contributed by atoms with Gasteiger partial charge in [0.1, 0.15) is 5.82 Å². The topological polar surface area (TPSA) is 63.1 Å². The zero-order valence-electron chi connectivity index (χ0n) is 15.3. The molecule has 0 aliphatic carbocycles. The minimum atomic E-state index is -4.84. The number of nitrogens with one attached hydrogen (secondary N) is 1. The lowest BCUT2D eigenvalue weighted by Crippen LogP contribution is -2.34. The van der Waals surface area contributed by atoms with Gasteiger partial charge in [-0.25, -0.2) is 9.07 Å². The van der Waals surface area contributed by atoms with E-state index in [1.807, 2.05) is 0 Å². The Labute approximate surface area is 170 Å². The van der Waals surface area contributed by atoms with Crippen LogP contribution < -0.4 is 5.32 Å². The summed E-state index contributed by atoms with van der Waals surface area (Å²) in [4.78, 5) is 14.3. The highest BCUT2D eigenvalue weighted by atomic mass is 35.5. The molecule has 2 atom stereocenters. The Bertz CT molecular complexity index is 856. The molecule has 6 nitrogen and oxygen atoms in total. The van der Waals surface area contributed by atoms with Crippen molar-refractivity contribution in [2.75, 3.05) is 26.2 Å². The third-order valence-corrected chi connectivity index (χ3v) is 5.52. The van der Waals surface area contributed by atoms with Crippen molar-refractivity contribution in [3.8, 4) is 5.69 Å². The van der Waals surface area contributed by atoms with Crippen molar-refractivity contribution < 1.29 is 22.4 Å². The minimum Gasteiger partial charge on any atom is -0.337 e. The van der Waals surface area contributed by atoms with E-state index in [2.05, 4.69) is 15.6 Å². The lowest BCUT2D eigenvalue weighted by Gasteiger charge is -2.20. The number of alkyl halides is 3. The number of rotatable bonds is 2. The highest BCUT2D eigenvalue weighted by Gasteiger charge is 2.43. The molecular formula is C18H20ClF4N5O. The molecule has 2 fully saturated rings. The van der Waals surface area contributed by atoms with Gasteiger partial charge in [0.2, 0.25) is 0 Å². The number of nitrogens with zero attached hydrogens (tertiary/aromatic N) is 4. The van der Waals surface area contributed by atoms with Gasteiger partial charge < -0.3 is 10.2 Å². The minimum absolute atomic E-state index is 0. The van der Waals surface area contributed by atoms with Crippen molar-refractivity contribution in [2.45, 2.75) is 19.0 Å². The molecule has 0 unspecified atom stereocenters. The van der Waals surface area contributed by atoms with Crippen molar-refractivity contribution in [1.82, 2.24) is 25.2 Å². The fourth-order valence-corrected chi connectivity index (χ4v) is 4.01. The molecular weight excluding hydrogens is 414 g/mol. The molecule has 1 aromatic carbocycles. The van der Waals surface area contributed by atoms with E-state index in [-0.39, 0.29) is 18.1 Å². The molecule has 0 bridgehead atoms. The molecule has 29 heavy (non-hydrogen) atoms. The number of benzene rings is 1. The van der Waals surface area contributed by atoms with Gasteiger partial charge in [0, 0.05) is 13.1 Å². The smallest absolute Gasteiger partial charge is 0.337 e. The summed E-state index contributed by atoms with van der Waals surface area (Å²) in [6, 6.07) is 4.38. The highest BCUT2D eigenvalue weighted by molar-refractivity contribution is 5.93. The molecule has 4 rings (SSSR count). The fourth-order valence-electron chi connectivity index (χ4n) is 4.01. The number of aromatic nitrogens is 3. The van der Waals surface area contributed by atoms with Gasteiger partial charge in [-0.15, -0.1) is 17.5 Å². The van der Waals surface area contributed by atoms with Crippen LogP contribution in [0.3, 0.4) is 0 Å². The molecule has 11 heteroatoms.